The summed E-state index contributed by atoms with van der Waals surface area (Å²) in [5.74, 6) is 1.59. The molecule has 130 valence electrons. The Kier molecular flexibility index (Phi) is 4.19. The Morgan fingerprint density at radius 2 is 2.08 bits per heavy atom. The molecule has 0 bridgehead atoms. The van der Waals surface area contributed by atoms with E-state index in [9.17, 15) is 0 Å². The van der Waals surface area contributed by atoms with Gasteiger partial charge in [-0.25, -0.2) is 4.98 Å². The van der Waals surface area contributed by atoms with Crippen LogP contribution in [0.2, 0.25) is 0 Å². The Labute approximate surface area is 150 Å². The molecule has 3 aromatic rings. The van der Waals surface area contributed by atoms with E-state index in [4.69, 9.17) is 14.5 Å². The lowest BCUT2D eigenvalue weighted by atomic mass is 10.2. The molecule has 0 spiro atoms. The summed E-state index contributed by atoms with van der Waals surface area (Å²) in [7, 11) is 4.07. The van der Waals surface area contributed by atoms with Crippen molar-refractivity contribution in [3.63, 3.8) is 0 Å². The fourth-order valence-corrected chi connectivity index (χ4v) is 3.67. The third-order valence-corrected chi connectivity index (χ3v) is 5.32. The smallest absolute Gasteiger partial charge is 0.231 e. The van der Waals surface area contributed by atoms with Gasteiger partial charge in [0.1, 0.15) is 5.01 Å². The lowest BCUT2D eigenvalue weighted by molar-refractivity contribution is 0.174. The number of aryl methyl sites for hydroxylation is 1. The number of hydrogen-bond acceptors (Lipinski definition) is 6. The second-order valence-corrected chi connectivity index (χ2v) is 7.12. The summed E-state index contributed by atoms with van der Waals surface area (Å²) in [4.78, 5) is 7.03. The van der Waals surface area contributed by atoms with Gasteiger partial charge in [-0.05, 0) is 32.2 Å². The highest BCUT2D eigenvalue weighted by molar-refractivity contribution is 7.13. The first-order valence-electron chi connectivity index (χ1n) is 8.10. The van der Waals surface area contributed by atoms with E-state index in [-0.39, 0.29) is 0 Å². The van der Waals surface area contributed by atoms with E-state index in [1.54, 1.807) is 11.3 Å². The van der Waals surface area contributed by atoms with Crippen molar-refractivity contribution in [2.24, 2.45) is 7.05 Å². The van der Waals surface area contributed by atoms with Crippen LogP contribution in [0.4, 0.5) is 0 Å². The number of fused-ring (bicyclic) bond motifs is 1. The van der Waals surface area contributed by atoms with Gasteiger partial charge in [0.25, 0.3) is 0 Å². The minimum atomic E-state index is 0.292. The molecule has 6 nitrogen and oxygen atoms in total. The van der Waals surface area contributed by atoms with E-state index in [2.05, 4.69) is 29.4 Å². The van der Waals surface area contributed by atoms with E-state index in [0.29, 0.717) is 6.79 Å². The highest BCUT2D eigenvalue weighted by Gasteiger charge is 2.16. The standard InChI is InChI=1S/C18H20N4O2S/c1-12-14(7-19-22(12)3)8-21(2)9-15-10-25-18(20-15)13-4-5-16-17(6-13)24-11-23-16/h4-7,10H,8-9,11H2,1-3H3. The summed E-state index contributed by atoms with van der Waals surface area (Å²) in [5, 5.41) is 7.42. The van der Waals surface area contributed by atoms with Gasteiger partial charge in [0, 0.05) is 42.3 Å². The van der Waals surface area contributed by atoms with Gasteiger partial charge in [-0.3, -0.25) is 9.58 Å². The molecule has 2 aromatic heterocycles. The molecule has 0 amide bonds. The summed E-state index contributed by atoms with van der Waals surface area (Å²) in [5.41, 5.74) is 4.58. The predicted octanol–water partition coefficient (Wildman–Crippen LogP) is 3.21. The molecule has 0 aliphatic carbocycles. The number of nitrogens with zero attached hydrogens (tertiary/aromatic N) is 4. The van der Waals surface area contributed by atoms with E-state index in [0.717, 1.165) is 40.9 Å². The van der Waals surface area contributed by atoms with Crippen LogP contribution in [0.5, 0.6) is 11.5 Å². The topological polar surface area (TPSA) is 52.4 Å². The van der Waals surface area contributed by atoms with Crippen LogP contribution in [0.25, 0.3) is 10.6 Å². The van der Waals surface area contributed by atoms with Crippen molar-refractivity contribution in [3.8, 4) is 22.1 Å². The van der Waals surface area contributed by atoms with E-state index >= 15 is 0 Å². The maximum atomic E-state index is 5.45. The zero-order valence-corrected chi connectivity index (χ0v) is 15.3. The summed E-state index contributed by atoms with van der Waals surface area (Å²) in [6.07, 6.45) is 1.94. The van der Waals surface area contributed by atoms with Crippen LogP contribution >= 0.6 is 11.3 Å². The summed E-state index contributed by atoms with van der Waals surface area (Å²) in [6.45, 7) is 4.04. The molecule has 0 fully saturated rings. The Hall–Kier alpha value is -2.38. The van der Waals surface area contributed by atoms with Gasteiger partial charge in [-0.15, -0.1) is 11.3 Å². The van der Waals surface area contributed by atoms with Crippen molar-refractivity contribution in [1.29, 1.82) is 0 Å². The van der Waals surface area contributed by atoms with Gasteiger partial charge in [0.05, 0.1) is 11.9 Å². The van der Waals surface area contributed by atoms with Crippen LogP contribution in [0, 0.1) is 6.92 Å². The van der Waals surface area contributed by atoms with Crippen LogP contribution in [-0.4, -0.2) is 33.5 Å². The van der Waals surface area contributed by atoms with Gasteiger partial charge in [0.2, 0.25) is 6.79 Å². The number of aromatic nitrogens is 3. The molecule has 0 radical (unpaired) electrons. The first-order valence-corrected chi connectivity index (χ1v) is 8.98. The van der Waals surface area contributed by atoms with Crippen LogP contribution in [0.3, 0.4) is 0 Å². The van der Waals surface area contributed by atoms with Gasteiger partial charge in [0.15, 0.2) is 11.5 Å². The number of ether oxygens (including phenoxy) is 2. The fourth-order valence-electron chi connectivity index (χ4n) is 2.86. The van der Waals surface area contributed by atoms with Crippen molar-refractivity contribution >= 4 is 11.3 Å². The Morgan fingerprint density at radius 1 is 1.24 bits per heavy atom. The third kappa shape index (κ3) is 3.25. The molecule has 0 saturated carbocycles. The van der Waals surface area contributed by atoms with Crippen LogP contribution in [0.1, 0.15) is 17.0 Å². The molecule has 3 heterocycles. The average molecular weight is 356 g/mol. The second kappa shape index (κ2) is 6.50. The zero-order chi connectivity index (χ0) is 17.4. The predicted molar refractivity (Wildman–Crippen MR) is 96.8 cm³/mol. The highest BCUT2D eigenvalue weighted by Crippen LogP contribution is 2.36. The van der Waals surface area contributed by atoms with Crippen molar-refractivity contribution < 1.29 is 9.47 Å². The van der Waals surface area contributed by atoms with Crippen LogP contribution in [0.15, 0.2) is 29.8 Å². The molecule has 7 heteroatoms. The molecule has 4 rings (SSSR count). The quantitative estimate of drug-likeness (QED) is 0.703. The molecule has 1 aliphatic rings. The average Bonchev–Trinajstić information content (AvgIpc) is 3.31. The fraction of sp³-hybridized carbons (Fsp3) is 0.333. The molecular formula is C18H20N4O2S. The molecule has 0 saturated heterocycles. The van der Waals surface area contributed by atoms with Gasteiger partial charge in [-0.1, -0.05) is 0 Å². The van der Waals surface area contributed by atoms with Gasteiger partial charge in [-0.2, -0.15) is 5.10 Å². The molecule has 1 aliphatic heterocycles. The molecule has 0 unspecified atom stereocenters. The monoisotopic (exact) mass is 356 g/mol. The van der Waals surface area contributed by atoms with Gasteiger partial charge < -0.3 is 9.47 Å². The van der Waals surface area contributed by atoms with Crippen LogP contribution in [-0.2, 0) is 20.1 Å². The Balaban J connectivity index is 1.45. The largest absolute Gasteiger partial charge is 0.454 e. The molecule has 0 N–H and O–H groups in total. The second-order valence-electron chi connectivity index (χ2n) is 6.26. The van der Waals surface area contributed by atoms with E-state index < -0.39 is 0 Å². The minimum Gasteiger partial charge on any atom is -0.454 e. The molecule has 0 atom stereocenters. The highest BCUT2D eigenvalue weighted by atomic mass is 32.1. The maximum absolute atomic E-state index is 5.45. The maximum Gasteiger partial charge on any atom is 0.231 e. The van der Waals surface area contributed by atoms with E-state index in [1.807, 2.05) is 36.1 Å². The van der Waals surface area contributed by atoms with Crippen molar-refractivity contribution in [1.82, 2.24) is 19.7 Å². The number of rotatable bonds is 5. The molecule has 25 heavy (non-hydrogen) atoms. The molecule has 1 aromatic carbocycles. The van der Waals surface area contributed by atoms with E-state index in [1.165, 1.54) is 11.3 Å². The lowest BCUT2D eigenvalue weighted by Crippen LogP contribution is -2.17. The first-order chi connectivity index (χ1) is 12.1. The van der Waals surface area contributed by atoms with Gasteiger partial charge >= 0.3 is 0 Å². The lowest BCUT2D eigenvalue weighted by Gasteiger charge is -2.14. The zero-order valence-electron chi connectivity index (χ0n) is 14.5. The number of hydrogen-bond donors (Lipinski definition) is 0. The summed E-state index contributed by atoms with van der Waals surface area (Å²) in [6, 6.07) is 5.96. The summed E-state index contributed by atoms with van der Waals surface area (Å²) >= 11 is 1.65. The Morgan fingerprint density at radius 3 is 2.88 bits per heavy atom. The number of thiazole rings is 1. The first kappa shape index (κ1) is 16.1. The third-order valence-electron chi connectivity index (χ3n) is 4.38. The van der Waals surface area contributed by atoms with Crippen molar-refractivity contribution in [2.75, 3.05) is 13.8 Å². The Bertz CT molecular complexity index is 902. The van der Waals surface area contributed by atoms with Crippen molar-refractivity contribution in [3.05, 3.63) is 46.7 Å². The summed E-state index contributed by atoms with van der Waals surface area (Å²) < 4.78 is 12.7. The van der Waals surface area contributed by atoms with Crippen molar-refractivity contribution in [2.45, 2.75) is 20.0 Å². The molecular weight excluding hydrogens is 336 g/mol. The SMILES string of the molecule is Cc1c(CN(C)Cc2csc(-c3ccc4c(c3)OCO4)n2)cnn1C. The number of benzene rings is 1. The van der Waals surface area contributed by atoms with Crippen LogP contribution < -0.4 is 9.47 Å². The normalized spacial score (nSPS) is 13.0. The minimum absolute atomic E-state index is 0.292.